The molecule has 1 fully saturated rings. The third-order valence-corrected chi connectivity index (χ3v) is 3.47. The van der Waals surface area contributed by atoms with E-state index in [1.165, 1.54) is 0 Å². The Morgan fingerprint density at radius 2 is 2.30 bits per heavy atom. The molecule has 6 nitrogen and oxygen atoms in total. The number of ether oxygens (including phenoxy) is 1. The second kappa shape index (κ2) is 7.09. The Kier molecular flexibility index (Phi) is 5.17. The molecule has 1 aromatic rings. The molecule has 1 aromatic heterocycles. The van der Waals surface area contributed by atoms with Crippen molar-refractivity contribution >= 4 is 11.9 Å². The third-order valence-electron chi connectivity index (χ3n) is 3.47. The fourth-order valence-electron chi connectivity index (χ4n) is 2.35. The maximum Gasteiger partial charge on any atom is 0.409 e. The number of likely N-dealkylation sites (tertiary alicyclic amines) is 1. The van der Waals surface area contributed by atoms with Gasteiger partial charge in [0.15, 0.2) is 0 Å². The Bertz CT molecular complexity index is 445. The van der Waals surface area contributed by atoms with E-state index in [-0.39, 0.29) is 6.09 Å². The highest BCUT2D eigenvalue weighted by Gasteiger charge is 2.23. The molecule has 0 atom stereocenters. The van der Waals surface area contributed by atoms with Crippen molar-refractivity contribution in [3.63, 3.8) is 0 Å². The van der Waals surface area contributed by atoms with Crippen molar-refractivity contribution in [1.82, 2.24) is 9.88 Å². The molecular formula is C14H22N4O2. The number of amides is 1. The van der Waals surface area contributed by atoms with Crippen LogP contribution in [-0.4, -0.2) is 41.7 Å². The number of anilines is 1. The van der Waals surface area contributed by atoms with Crippen LogP contribution in [0.2, 0.25) is 0 Å². The molecular weight excluding hydrogens is 256 g/mol. The molecule has 3 N–H and O–H groups in total. The van der Waals surface area contributed by atoms with Crippen molar-refractivity contribution < 1.29 is 9.53 Å². The fraction of sp³-hybridized carbons (Fsp3) is 0.571. The first kappa shape index (κ1) is 14.6. The summed E-state index contributed by atoms with van der Waals surface area (Å²) in [5.41, 5.74) is 6.72. The summed E-state index contributed by atoms with van der Waals surface area (Å²) < 4.78 is 5.01. The van der Waals surface area contributed by atoms with Crippen molar-refractivity contribution in [2.24, 2.45) is 5.73 Å². The number of pyridine rings is 1. The number of nitrogens with one attached hydrogen (secondary N) is 1. The monoisotopic (exact) mass is 278 g/mol. The van der Waals surface area contributed by atoms with Gasteiger partial charge in [0.25, 0.3) is 0 Å². The molecule has 2 rings (SSSR count). The highest BCUT2D eigenvalue weighted by molar-refractivity contribution is 5.67. The van der Waals surface area contributed by atoms with Gasteiger partial charge in [-0.3, -0.25) is 0 Å². The predicted octanol–water partition coefficient (Wildman–Crippen LogP) is 1.57. The SMILES string of the molecule is CCOC(=O)N1CCC(Nc2ncccc2CN)CC1. The molecule has 6 heteroatoms. The quantitative estimate of drug-likeness (QED) is 0.874. The molecule has 0 saturated carbocycles. The number of hydrogen-bond donors (Lipinski definition) is 2. The summed E-state index contributed by atoms with van der Waals surface area (Å²) in [7, 11) is 0. The molecule has 20 heavy (non-hydrogen) atoms. The second-order valence-corrected chi connectivity index (χ2v) is 4.82. The van der Waals surface area contributed by atoms with Gasteiger partial charge < -0.3 is 20.7 Å². The first-order chi connectivity index (χ1) is 9.74. The van der Waals surface area contributed by atoms with Crippen molar-refractivity contribution in [1.29, 1.82) is 0 Å². The van der Waals surface area contributed by atoms with E-state index in [0.29, 0.717) is 32.3 Å². The first-order valence-corrected chi connectivity index (χ1v) is 7.06. The van der Waals surface area contributed by atoms with Gasteiger partial charge in [-0.1, -0.05) is 6.07 Å². The molecule has 0 aromatic carbocycles. The number of nitrogens with zero attached hydrogens (tertiary/aromatic N) is 2. The Hall–Kier alpha value is -1.82. The molecule has 1 saturated heterocycles. The molecule has 1 amide bonds. The lowest BCUT2D eigenvalue weighted by Crippen LogP contribution is -2.42. The summed E-state index contributed by atoms with van der Waals surface area (Å²) >= 11 is 0. The smallest absolute Gasteiger partial charge is 0.409 e. The molecule has 0 aliphatic carbocycles. The van der Waals surface area contributed by atoms with E-state index >= 15 is 0 Å². The molecule has 0 radical (unpaired) electrons. The van der Waals surface area contributed by atoms with E-state index in [9.17, 15) is 4.79 Å². The molecule has 110 valence electrons. The van der Waals surface area contributed by atoms with Gasteiger partial charge in [-0.2, -0.15) is 0 Å². The van der Waals surface area contributed by atoms with Gasteiger partial charge in [-0.05, 0) is 25.8 Å². The van der Waals surface area contributed by atoms with Crippen LogP contribution in [0, 0.1) is 0 Å². The lowest BCUT2D eigenvalue weighted by Gasteiger charge is -2.32. The highest BCUT2D eigenvalue weighted by Crippen LogP contribution is 2.18. The van der Waals surface area contributed by atoms with Gasteiger partial charge in [0.2, 0.25) is 0 Å². The van der Waals surface area contributed by atoms with Gasteiger partial charge in [0.05, 0.1) is 6.61 Å². The second-order valence-electron chi connectivity index (χ2n) is 4.82. The number of aromatic nitrogens is 1. The standard InChI is InChI=1S/C14H22N4O2/c1-2-20-14(19)18-8-5-12(6-9-18)17-13-11(10-15)4-3-7-16-13/h3-4,7,12H,2,5-6,8-10,15H2,1H3,(H,16,17). The largest absolute Gasteiger partial charge is 0.450 e. The Morgan fingerprint density at radius 1 is 1.55 bits per heavy atom. The Balaban J connectivity index is 1.87. The average molecular weight is 278 g/mol. The van der Waals surface area contributed by atoms with Crippen molar-refractivity contribution in [3.05, 3.63) is 23.9 Å². The van der Waals surface area contributed by atoms with Gasteiger partial charge in [0.1, 0.15) is 5.82 Å². The zero-order valence-electron chi connectivity index (χ0n) is 11.8. The predicted molar refractivity (Wildman–Crippen MR) is 77.4 cm³/mol. The van der Waals surface area contributed by atoms with Crippen LogP contribution in [0.3, 0.4) is 0 Å². The summed E-state index contributed by atoms with van der Waals surface area (Å²) in [6.45, 7) is 4.13. The van der Waals surface area contributed by atoms with E-state index in [0.717, 1.165) is 24.2 Å². The number of nitrogens with two attached hydrogens (primary N) is 1. The maximum atomic E-state index is 11.6. The van der Waals surface area contributed by atoms with Crippen LogP contribution in [0.4, 0.5) is 10.6 Å². The van der Waals surface area contributed by atoms with Crippen LogP contribution in [0.15, 0.2) is 18.3 Å². The molecule has 1 aliphatic rings. The van der Waals surface area contributed by atoms with Gasteiger partial charge in [-0.15, -0.1) is 0 Å². The number of hydrogen-bond acceptors (Lipinski definition) is 5. The topological polar surface area (TPSA) is 80.5 Å². The fourth-order valence-corrected chi connectivity index (χ4v) is 2.35. The number of piperidine rings is 1. The van der Waals surface area contributed by atoms with Crippen molar-refractivity contribution in [3.8, 4) is 0 Å². The summed E-state index contributed by atoms with van der Waals surface area (Å²) in [4.78, 5) is 17.7. The molecule has 0 spiro atoms. The number of carbonyl (C=O) groups excluding carboxylic acids is 1. The number of carbonyl (C=O) groups is 1. The molecule has 0 bridgehead atoms. The van der Waals surface area contributed by atoms with Crippen LogP contribution in [0.5, 0.6) is 0 Å². The molecule has 0 unspecified atom stereocenters. The minimum Gasteiger partial charge on any atom is -0.450 e. The van der Waals surface area contributed by atoms with Crippen molar-refractivity contribution in [2.75, 3.05) is 25.0 Å². The van der Waals surface area contributed by atoms with Crippen LogP contribution < -0.4 is 11.1 Å². The van der Waals surface area contributed by atoms with Gasteiger partial charge in [0, 0.05) is 37.4 Å². The summed E-state index contributed by atoms with van der Waals surface area (Å²) in [6, 6.07) is 4.18. The molecule has 1 aliphatic heterocycles. The minimum atomic E-state index is -0.216. The van der Waals surface area contributed by atoms with E-state index in [1.54, 1.807) is 11.1 Å². The van der Waals surface area contributed by atoms with E-state index in [1.807, 2.05) is 19.1 Å². The van der Waals surface area contributed by atoms with Crippen molar-refractivity contribution in [2.45, 2.75) is 32.4 Å². The summed E-state index contributed by atoms with van der Waals surface area (Å²) in [5, 5.41) is 3.42. The summed E-state index contributed by atoms with van der Waals surface area (Å²) in [5.74, 6) is 0.851. The van der Waals surface area contributed by atoms with Gasteiger partial charge >= 0.3 is 6.09 Å². The first-order valence-electron chi connectivity index (χ1n) is 7.06. The Labute approximate surface area is 119 Å². The zero-order valence-corrected chi connectivity index (χ0v) is 11.8. The summed E-state index contributed by atoms with van der Waals surface area (Å²) in [6.07, 6.45) is 3.32. The van der Waals surface area contributed by atoms with E-state index in [2.05, 4.69) is 10.3 Å². The minimum absolute atomic E-state index is 0.216. The van der Waals surface area contributed by atoms with Crippen LogP contribution in [-0.2, 0) is 11.3 Å². The normalized spacial score (nSPS) is 16.0. The zero-order chi connectivity index (χ0) is 14.4. The van der Waals surface area contributed by atoms with Crippen LogP contribution >= 0.6 is 0 Å². The lowest BCUT2D eigenvalue weighted by molar-refractivity contribution is 0.0983. The average Bonchev–Trinajstić information content (AvgIpc) is 2.49. The highest BCUT2D eigenvalue weighted by atomic mass is 16.6. The molecule has 2 heterocycles. The van der Waals surface area contributed by atoms with Crippen LogP contribution in [0.25, 0.3) is 0 Å². The lowest BCUT2D eigenvalue weighted by atomic mass is 10.1. The van der Waals surface area contributed by atoms with E-state index in [4.69, 9.17) is 10.5 Å². The van der Waals surface area contributed by atoms with E-state index < -0.39 is 0 Å². The van der Waals surface area contributed by atoms with Crippen LogP contribution in [0.1, 0.15) is 25.3 Å². The number of rotatable bonds is 4. The third kappa shape index (κ3) is 3.60. The Morgan fingerprint density at radius 3 is 2.95 bits per heavy atom. The van der Waals surface area contributed by atoms with Gasteiger partial charge in [-0.25, -0.2) is 9.78 Å². The maximum absolute atomic E-state index is 11.6.